The Morgan fingerprint density at radius 2 is 2.00 bits per heavy atom. The molecule has 0 fully saturated rings. The van der Waals surface area contributed by atoms with Gasteiger partial charge in [-0.05, 0) is 24.5 Å². The van der Waals surface area contributed by atoms with Crippen molar-refractivity contribution in [2.24, 2.45) is 11.0 Å². The standard InChI is InChI=1S/C17H20F3N3O4/c1-10(2)8-11-9-16(26,17(18,19)20)23(22-11)15(25)14(24)21-12-6-4-5-7-13(12)27-3/h4-7,10,26H,8-9H2,1-3H3,(H,21,24)/t16-/m1/s1. The highest BCUT2D eigenvalue weighted by Crippen LogP contribution is 2.41. The number of benzene rings is 1. The van der Waals surface area contributed by atoms with Crippen molar-refractivity contribution in [3.8, 4) is 5.75 Å². The number of amides is 2. The van der Waals surface area contributed by atoms with Crippen LogP contribution >= 0.6 is 0 Å². The van der Waals surface area contributed by atoms with Crippen LogP contribution in [-0.4, -0.2) is 46.7 Å². The van der Waals surface area contributed by atoms with Crippen molar-refractivity contribution < 1.29 is 32.6 Å². The summed E-state index contributed by atoms with van der Waals surface area (Å²) in [5.74, 6) is -2.83. The lowest BCUT2D eigenvalue weighted by molar-refractivity contribution is -0.301. The van der Waals surface area contributed by atoms with Gasteiger partial charge in [-0.1, -0.05) is 26.0 Å². The number of carbonyl (C=O) groups is 2. The summed E-state index contributed by atoms with van der Waals surface area (Å²) in [6.45, 7) is 3.52. The number of carbonyl (C=O) groups excluding carboxylic acids is 2. The lowest BCUT2D eigenvalue weighted by Crippen LogP contribution is -2.58. The van der Waals surface area contributed by atoms with E-state index in [0.717, 1.165) is 0 Å². The van der Waals surface area contributed by atoms with Gasteiger partial charge in [0.25, 0.3) is 5.72 Å². The Morgan fingerprint density at radius 1 is 1.37 bits per heavy atom. The predicted octanol–water partition coefficient (Wildman–Crippen LogP) is 2.52. The fourth-order valence-electron chi connectivity index (χ4n) is 2.66. The molecule has 27 heavy (non-hydrogen) atoms. The van der Waals surface area contributed by atoms with Crippen molar-refractivity contribution >= 4 is 23.2 Å². The van der Waals surface area contributed by atoms with E-state index in [-0.39, 0.29) is 34.5 Å². The van der Waals surface area contributed by atoms with Gasteiger partial charge < -0.3 is 15.2 Å². The Labute approximate surface area is 153 Å². The van der Waals surface area contributed by atoms with Crippen LogP contribution in [0.25, 0.3) is 0 Å². The van der Waals surface area contributed by atoms with Gasteiger partial charge in [0.2, 0.25) is 0 Å². The second-order valence-corrected chi connectivity index (χ2v) is 6.53. The van der Waals surface area contributed by atoms with Crippen molar-refractivity contribution in [1.82, 2.24) is 5.01 Å². The normalized spacial score (nSPS) is 19.9. The van der Waals surface area contributed by atoms with E-state index < -0.39 is 30.1 Å². The monoisotopic (exact) mass is 387 g/mol. The first-order chi connectivity index (χ1) is 12.5. The Hall–Kier alpha value is -2.62. The maximum atomic E-state index is 13.4. The summed E-state index contributed by atoms with van der Waals surface area (Å²) < 4.78 is 45.2. The molecule has 2 amide bonds. The number of hydrogen-bond donors (Lipinski definition) is 2. The summed E-state index contributed by atoms with van der Waals surface area (Å²) in [5, 5.41) is 15.7. The third-order valence-corrected chi connectivity index (χ3v) is 3.88. The third-order valence-electron chi connectivity index (χ3n) is 3.88. The Morgan fingerprint density at radius 3 is 2.56 bits per heavy atom. The fraction of sp³-hybridized carbons (Fsp3) is 0.471. The van der Waals surface area contributed by atoms with Crippen LogP contribution in [-0.2, 0) is 9.59 Å². The van der Waals surface area contributed by atoms with Crippen molar-refractivity contribution in [2.45, 2.75) is 38.6 Å². The highest BCUT2D eigenvalue weighted by atomic mass is 19.4. The number of nitrogens with one attached hydrogen (secondary N) is 1. The minimum absolute atomic E-state index is 0.0109. The van der Waals surface area contributed by atoms with Gasteiger partial charge in [-0.2, -0.15) is 23.3 Å². The van der Waals surface area contributed by atoms with Crippen LogP contribution < -0.4 is 10.1 Å². The van der Waals surface area contributed by atoms with Crippen molar-refractivity contribution in [1.29, 1.82) is 0 Å². The Kier molecular flexibility index (Phi) is 5.79. The molecule has 1 heterocycles. The fourth-order valence-corrected chi connectivity index (χ4v) is 2.66. The first-order valence-electron chi connectivity index (χ1n) is 8.13. The minimum Gasteiger partial charge on any atom is -0.495 e. The van der Waals surface area contributed by atoms with Gasteiger partial charge in [0, 0.05) is 12.1 Å². The summed E-state index contributed by atoms with van der Waals surface area (Å²) in [7, 11) is 1.33. The van der Waals surface area contributed by atoms with E-state index >= 15 is 0 Å². The van der Waals surface area contributed by atoms with Gasteiger partial charge in [0.1, 0.15) is 5.75 Å². The topological polar surface area (TPSA) is 91.2 Å². The van der Waals surface area contributed by atoms with E-state index in [1.165, 1.54) is 19.2 Å². The average molecular weight is 387 g/mol. The van der Waals surface area contributed by atoms with E-state index in [4.69, 9.17) is 4.74 Å². The molecule has 0 spiro atoms. The van der Waals surface area contributed by atoms with Crippen LogP contribution in [0.2, 0.25) is 0 Å². The third kappa shape index (κ3) is 4.21. The number of halogens is 3. The average Bonchev–Trinajstić information content (AvgIpc) is 2.91. The lowest BCUT2D eigenvalue weighted by atomic mass is 9.99. The molecule has 0 saturated heterocycles. The number of anilines is 1. The number of rotatable bonds is 4. The van der Waals surface area contributed by atoms with E-state index in [2.05, 4.69) is 10.4 Å². The molecule has 2 rings (SSSR count). The molecule has 0 saturated carbocycles. The van der Waals surface area contributed by atoms with Crippen LogP contribution in [0, 0.1) is 5.92 Å². The molecule has 0 aliphatic carbocycles. The number of hydrazone groups is 1. The highest BCUT2D eigenvalue weighted by Gasteiger charge is 2.63. The van der Waals surface area contributed by atoms with Gasteiger partial charge in [0.15, 0.2) is 0 Å². The number of para-hydroxylation sites is 2. The molecule has 0 unspecified atom stereocenters. The second kappa shape index (κ2) is 7.55. The summed E-state index contributed by atoms with van der Waals surface area (Å²) in [6, 6.07) is 6.07. The van der Waals surface area contributed by atoms with Crippen molar-refractivity contribution in [3.63, 3.8) is 0 Å². The molecule has 1 aliphatic heterocycles. The molecule has 10 heteroatoms. The first kappa shape index (κ1) is 20.7. The number of methoxy groups -OCH3 is 1. The van der Waals surface area contributed by atoms with Crippen molar-refractivity contribution in [2.75, 3.05) is 12.4 Å². The zero-order valence-corrected chi connectivity index (χ0v) is 15.0. The number of ether oxygens (including phenoxy) is 1. The van der Waals surface area contributed by atoms with Crippen LogP contribution in [0.1, 0.15) is 26.7 Å². The molecule has 1 atom stereocenters. The number of alkyl halides is 3. The molecular formula is C17H20F3N3O4. The lowest BCUT2D eigenvalue weighted by Gasteiger charge is -2.32. The molecule has 0 aromatic heterocycles. The van der Waals surface area contributed by atoms with Gasteiger partial charge in [-0.15, -0.1) is 0 Å². The molecule has 0 bridgehead atoms. The van der Waals surface area contributed by atoms with E-state index in [1.807, 2.05) is 0 Å². The largest absolute Gasteiger partial charge is 0.495 e. The molecule has 1 aromatic rings. The summed E-state index contributed by atoms with van der Waals surface area (Å²) in [6.07, 6.45) is -5.94. The number of nitrogens with zero attached hydrogens (tertiary/aromatic N) is 2. The summed E-state index contributed by atoms with van der Waals surface area (Å²) >= 11 is 0. The maximum Gasteiger partial charge on any atom is 0.438 e. The molecule has 1 aliphatic rings. The quantitative estimate of drug-likeness (QED) is 0.777. The van der Waals surface area contributed by atoms with Crippen LogP contribution in [0.3, 0.4) is 0 Å². The second-order valence-electron chi connectivity index (χ2n) is 6.53. The van der Waals surface area contributed by atoms with Crippen LogP contribution in [0.15, 0.2) is 29.4 Å². The number of hydrogen-bond acceptors (Lipinski definition) is 5. The Bertz CT molecular complexity index is 764. The predicted molar refractivity (Wildman–Crippen MR) is 91.0 cm³/mol. The Balaban J connectivity index is 2.29. The molecular weight excluding hydrogens is 367 g/mol. The molecule has 2 N–H and O–H groups in total. The van der Waals surface area contributed by atoms with Gasteiger partial charge in [0.05, 0.1) is 12.8 Å². The van der Waals surface area contributed by atoms with E-state index in [9.17, 15) is 27.9 Å². The van der Waals surface area contributed by atoms with Gasteiger partial charge >= 0.3 is 18.0 Å². The van der Waals surface area contributed by atoms with Gasteiger partial charge in [-0.3, -0.25) is 9.59 Å². The number of aliphatic hydroxyl groups is 1. The highest BCUT2D eigenvalue weighted by molar-refractivity contribution is 6.40. The molecule has 148 valence electrons. The molecule has 7 nitrogen and oxygen atoms in total. The SMILES string of the molecule is COc1ccccc1NC(=O)C(=O)N1N=C(CC(C)C)C[C@@]1(O)C(F)(F)F. The van der Waals surface area contributed by atoms with Gasteiger partial charge in [-0.25, -0.2) is 0 Å². The minimum atomic E-state index is -5.18. The van der Waals surface area contributed by atoms with E-state index in [0.29, 0.717) is 0 Å². The zero-order valence-electron chi connectivity index (χ0n) is 15.0. The van der Waals surface area contributed by atoms with Crippen molar-refractivity contribution in [3.05, 3.63) is 24.3 Å². The first-order valence-corrected chi connectivity index (χ1v) is 8.13. The molecule has 1 aromatic carbocycles. The smallest absolute Gasteiger partial charge is 0.438 e. The summed E-state index contributed by atoms with van der Waals surface area (Å²) in [5.41, 5.74) is -3.48. The van der Waals surface area contributed by atoms with Crippen LogP contribution in [0.5, 0.6) is 5.75 Å². The summed E-state index contributed by atoms with van der Waals surface area (Å²) in [4.78, 5) is 24.6. The molecule has 0 radical (unpaired) electrons. The maximum absolute atomic E-state index is 13.4. The van der Waals surface area contributed by atoms with Crippen LogP contribution in [0.4, 0.5) is 18.9 Å². The zero-order chi connectivity index (χ0) is 20.4. The van der Waals surface area contributed by atoms with E-state index in [1.54, 1.807) is 26.0 Å².